The number of benzene rings is 1. The average Bonchev–Trinajstić information content (AvgIpc) is 3.14. The molecule has 2 heterocycles. The summed E-state index contributed by atoms with van der Waals surface area (Å²) >= 11 is 0. The summed E-state index contributed by atoms with van der Waals surface area (Å²) in [6.45, 7) is 8.05. The number of hydrogen-bond acceptors (Lipinski definition) is 3. The minimum absolute atomic E-state index is 0.00265. The molecule has 2 aromatic rings. The molecule has 1 aromatic heterocycles. The van der Waals surface area contributed by atoms with E-state index in [1.807, 2.05) is 33.0 Å². The molecule has 3 amide bonds. The zero-order valence-corrected chi connectivity index (χ0v) is 16.1. The van der Waals surface area contributed by atoms with E-state index in [2.05, 4.69) is 40.0 Å². The third kappa shape index (κ3) is 2.91. The molecule has 1 aromatic carbocycles. The molecule has 1 spiro atoms. The highest BCUT2D eigenvalue weighted by Crippen LogP contribution is 2.42. The van der Waals surface area contributed by atoms with E-state index < -0.39 is 17.2 Å². The lowest BCUT2D eigenvalue weighted by Gasteiger charge is -2.40. The molecule has 0 saturated carbocycles. The standard InChI is InChI=1S/C20H26N4O3/c1-11-13-6-5-7-14-16(13)12(9-21-14)8-15(20(11)10-22-17(25)24-20)23-18(26)27-19(2,3)4/h5-7,9,11,15,21H,8,10H2,1-4H3,(H,23,26)(H2,22,24,25)/t11-,15-,20-/m0/s1. The molecule has 7 nitrogen and oxygen atoms in total. The number of aromatic amines is 1. The number of H-pyrrole nitrogens is 1. The van der Waals surface area contributed by atoms with Crippen LogP contribution in [0.1, 0.15) is 44.7 Å². The van der Waals surface area contributed by atoms with Crippen molar-refractivity contribution in [2.75, 3.05) is 6.54 Å². The van der Waals surface area contributed by atoms with Gasteiger partial charge >= 0.3 is 12.1 Å². The van der Waals surface area contributed by atoms with Crippen LogP contribution in [0.4, 0.5) is 9.59 Å². The first kappa shape index (κ1) is 17.7. The monoisotopic (exact) mass is 370 g/mol. The summed E-state index contributed by atoms with van der Waals surface area (Å²) in [6.07, 6.45) is 2.12. The highest BCUT2D eigenvalue weighted by Gasteiger charge is 2.51. The first-order valence-corrected chi connectivity index (χ1v) is 9.34. The van der Waals surface area contributed by atoms with Crippen LogP contribution in [0.2, 0.25) is 0 Å². The van der Waals surface area contributed by atoms with Crippen LogP contribution in [-0.2, 0) is 11.2 Å². The van der Waals surface area contributed by atoms with E-state index in [9.17, 15) is 9.59 Å². The number of carbonyl (C=O) groups is 2. The fourth-order valence-corrected chi connectivity index (χ4v) is 4.42. The van der Waals surface area contributed by atoms with Crippen LogP contribution in [-0.4, -0.2) is 40.8 Å². The van der Waals surface area contributed by atoms with E-state index >= 15 is 0 Å². The SMILES string of the molecule is C[C@H]1c2cccc3[nH]cc(c23)C[C@H](NC(=O)OC(C)(C)C)[C@]12CNC(=O)N2. The molecule has 4 N–H and O–H groups in total. The van der Waals surface area contributed by atoms with Crippen molar-refractivity contribution in [1.29, 1.82) is 0 Å². The lowest BCUT2D eigenvalue weighted by atomic mass is 9.76. The van der Waals surface area contributed by atoms with Crippen LogP contribution in [0.3, 0.4) is 0 Å². The molecule has 1 saturated heterocycles. The second-order valence-corrected chi connectivity index (χ2v) is 8.56. The van der Waals surface area contributed by atoms with E-state index in [4.69, 9.17) is 4.74 Å². The molecule has 7 heteroatoms. The van der Waals surface area contributed by atoms with Crippen molar-refractivity contribution in [3.05, 3.63) is 35.5 Å². The number of alkyl carbamates (subject to hydrolysis) is 1. The second-order valence-electron chi connectivity index (χ2n) is 8.56. The summed E-state index contributed by atoms with van der Waals surface area (Å²) in [6, 6.07) is 5.65. The number of hydrogen-bond donors (Lipinski definition) is 4. The first-order valence-electron chi connectivity index (χ1n) is 9.34. The summed E-state index contributed by atoms with van der Waals surface area (Å²) in [5.74, 6) is -0.00265. The smallest absolute Gasteiger partial charge is 0.407 e. The highest BCUT2D eigenvalue weighted by atomic mass is 16.6. The quantitative estimate of drug-likeness (QED) is 0.622. The van der Waals surface area contributed by atoms with E-state index in [0.29, 0.717) is 13.0 Å². The Hall–Kier alpha value is -2.70. The van der Waals surface area contributed by atoms with Crippen molar-refractivity contribution in [2.24, 2.45) is 0 Å². The Morgan fingerprint density at radius 3 is 2.78 bits per heavy atom. The summed E-state index contributed by atoms with van der Waals surface area (Å²) in [7, 11) is 0. The lowest BCUT2D eigenvalue weighted by Crippen LogP contribution is -2.63. The van der Waals surface area contributed by atoms with Gasteiger partial charge in [0.15, 0.2) is 0 Å². The molecule has 27 heavy (non-hydrogen) atoms. The molecule has 0 unspecified atom stereocenters. The highest BCUT2D eigenvalue weighted by molar-refractivity contribution is 5.89. The molecule has 144 valence electrons. The van der Waals surface area contributed by atoms with Gasteiger partial charge in [-0.1, -0.05) is 19.1 Å². The number of aromatic nitrogens is 1. The number of amides is 3. The van der Waals surface area contributed by atoms with Crippen LogP contribution < -0.4 is 16.0 Å². The number of nitrogens with one attached hydrogen (secondary N) is 4. The Morgan fingerprint density at radius 1 is 1.33 bits per heavy atom. The van der Waals surface area contributed by atoms with Gasteiger partial charge in [-0.3, -0.25) is 0 Å². The van der Waals surface area contributed by atoms with Gasteiger partial charge in [-0.05, 0) is 44.4 Å². The molecular weight excluding hydrogens is 344 g/mol. The maximum Gasteiger partial charge on any atom is 0.407 e. The van der Waals surface area contributed by atoms with Gasteiger partial charge in [0.05, 0.1) is 11.6 Å². The van der Waals surface area contributed by atoms with Crippen LogP contribution in [0, 0.1) is 0 Å². The maximum atomic E-state index is 12.5. The Bertz CT molecular complexity index is 914. The molecule has 2 aliphatic rings. The molecule has 1 fully saturated rings. The van der Waals surface area contributed by atoms with Crippen molar-refractivity contribution in [1.82, 2.24) is 20.9 Å². The van der Waals surface area contributed by atoms with Crippen molar-refractivity contribution in [3.8, 4) is 0 Å². The minimum atomic E-state index is -0.631. The molecular formula is C20H26N4O3. The Kier molecular flexibility index (Phi) is 3.87. The Morgan fingerprint density at radius 2 is 2.11 bits per heavy atom. The minimum Gasteiger partial charge on any atom is -0.444 e. The molecule has 1 aliphatic heterocycles. The van der Waals surface area contributed by atoms with Gasteiger partial charge in [-0.25, -0.2) is 9.59 Å². The first-order chi connectivity index (χ1) is 12.7. The molecule has 4 rings (SSSR count). The second kappa shape index (κ2) is 5.90. The summed E-state index contributed by atoms with van der Waals surface area (Å²) < 4.78 is 5.49. The van der Waals surface area contributed by atoms with E-state index in [0.717, 1.165) is 11.1 Å². The van der Waals surface area contributed by atoms with Gasteiger partial charge in [0.25, 0.3) is 0 Å². The lowest BCUT2D eigenvalue weighted by molar-refractivity contribution is 0.0467. The van der Waals surface area contributed by atoms with E-state index in [1.165, 1.54) is 10.9 Å². The number of rotatable bonds is 1. The third-order valence-corrected chi connectivity index (χ3v) is 5.68. The molecule has 3 atom stereocenters. The normalized spacial score (nSPS) is 27.2. The van der Waals surface area contributed by atoms with E-state index in [-0.39, 0.29) is 18.0 Å². The van der Waals surface area contributed by atoms with E-state index in [1.54, 1.807) is 0 Å². The summed E-state index contributed by atoms with van der Waals surface area (Å²) in [4.78, 5) is 28.0. The predicted molar refractivity (Wildman–Crippen MR) is 103 cm³/mol. The molecule has 0 radical (unpaired) electrons. The maximum absolute atomic E-state index is 12.5. The Balaban J connectivity index is 1.77. The van der Waals surface area contributed by atoms with Gasteiger partial charge in [-0.2, -0.15) is 0 Å². The van der Waals surface area contributed by atoms with Gasteiger partial charge in [0, 0.05) is 29.6 Å². The van der Waals surface area contributed by atoms with Gasteiger partial charge in [-0.15, -0.1) is 0 Å². The largest absolute Gasteiger partial charge is 0.444 e. The topological polar surface area (TPSA) is 95.2 Å². The van der Waals surface area contributed by atoms with Crippen LogP contribution in [0.5, 0.6) is 0 Å². The Labute approximate surface area is 158 Å². The third-order valence-electron chi connectivity index (χ3n) is 5.68. The predicted octanol–water partition coefficient (Wildman–Crippen LogP) is 2.77. The number of ether oxygens (including phenoxy) is 1. The zero-order valence-electron chi connectivity index (χ0n) is 16.1. The van der Waals surface area contributed by atoms with Crippen molar-refractivity contribution >= 4 is 23.0 Å². The summed E-state index contributed by atoms with van der Waals surface area (Å²) in [5.41, 5.74) is 2.15. The van der Waals surface area contributed by atoms with Gasteiger partial charge < -0.3 is 25.7 Å². The van der Waals surface area contributed by atoms with Crippen molar-refractivity contribution < 1.29 is 14.3 Å². The van der Waals surface area contributed by atoms with Crippen molar-refractivity contribution in [3.63, 3.8) is 0 Å². The van der Waals surface area contributed by atoms with Gasteiger partial charge in [0.1, 0.15) is 5.60 Å². The molecule has 1 aliphatic carbocycles. The fourth-order valence-electron chi connectivity index (χ4n) is 4.42. The van der Waals surface area contributed by atoms with Gasteiger partial charge in [0.2, 0.25) is 0 Å². The summed E-state index contributed by atoms with van der Waals surface area (Å²) in [5, 5.41) is 10.2. The van der Waals surface area contributed by atoms with Crippen molar-refractivity contribution in [2.45, 2.75) is 57.2 Å². The van der Waals surface area contributed by atoms with Crippen LogP contribution in [0.25, 0.3) is 10.9 Å². The zero-order chi connectivity index (χ0) is 19.4. The number of carbonyl (C=O) groups excluding carboxylic acids is 2. The average molecular weight is 370 g/mol. The van der Waals surface area contributed by atoms with Crippen LogP contribution >= 0.6 is 0 Å². The van der Waals surface area contributed by atoms with Crippen LogP contribution in [0.15, 0.2) is 24.4 Å². The number of urea groups is 1. The molecule has 0 bridgehead atoms. The fraction of sp³-hybridized carbons (Fsp3) is 0.500.